The van der Waals surface area contributed by atoms with Crippen LogP contribution < -0.4 is 9.46 Å². The molecule has 26 heavy (non-hydrogen) atoms. The summed E-state index contributed by atoms with van der Waals surface area (Å²) < 4.78 is 72.2. The van der Waals surface area contributed by atoms with Crippen molar-refractivity contribution in [3.8, 4) is 17.1 Å². The van der Waals surface area contributed by atoms with Crippen molar-refractivity contribution in [3.05, 3.63) is 61.1 Å². The number of oxazole rings is 1. The molecular formula is C16H11F3N2O4S. The van der Waals surface area contributed by atoms with Gasteiger partial charge in [0.2, 0.25) is 0 Å². The number of ether oxygens (including phenoxy) is 1. The molecule has 1 heterocycles. The van der Waals surface area contributed by atoms with Crippen molar-refractivity contribution in [1.29, 1.82) is 0 Å². The van der Waals surface area contributed by atoms with Gasteiger partial charge in [0, 0.05) is 11.3 Å². The molecule has 3 aromatic rings. The topological polar surface area (TPSA) is 81.4 Å². The minimum absolute atomic E-state index is 0.202. The second-order valence-electron chi connectivity index (χ2n) is 5.07. The Bertz CT molecular complexity index is 968. The van der Waals surface area contributed by atoms with Crippen LogP contribution in [-0.2, 0) is 10.0 Å². The summed E-state index contributed by atoms with van der Waals surface area (Å²) in [7, 11) is -3.96. The van der Waals surface area contributed by atoms with Gasteiger partial charge in [-0.3, -0.25) is 4.72 Å². The van der Waals surface area contributed by atoms with Crippen molar-refractivity contribution < 1.29 is 30.7 Å². The Kier molecular flexibility index (Phi) is 4.60. The molecule has 136 valence electrons. The summed E-state index contributed by atoms with van der Waals surface area (Å²) in [6.07, 6.45) is -2.05. The number of halogens is 3. The van der Waals surface area contributed by atoms with Crippen molar-refractivity contribution >= 4 is 15.7 Å². The lowest BCUT2D eigenvalue weighted by Gasteiger charge is -2.11. The lowest BCUT2D eigenvalue weighted by atomic mass is 10.2. The summed E-state index contributed by atoms with van der Waals surface area (Å²) in [5, 5.41) is 0. The molecule has 3 rings (SSSR count). The summed E-state index contributed by atoms with van der Waals surface area (Å²) in [4.78, 5) is 3.59. The summed E-state index contributed by atoms with van der Waals surface area (Å²) >= 11 is 0. The maximum Gasteiger partial charge on any atom is 0.573 e. The Hall–Kier alpha value is -3.01. The van der Waals surface area contributed by atoms with Crippen LogP contribution in [0.5, 0.6) is 5.75 Å². The summed E-state index contributed by atoms with van der Waals surface area (Å²) in [5.41, 5.74) is 0.989. The van der Waals surface area contributed by atoms with Crippen LogP contribution >= 0.6 is 0 Å². The molecule has 0 radical (unpaired) electrons. The molecule has 1 N–H and O–H groups in total. The lowest BCUT2D eigenvalue weighted by molar-refractivity contribution is -0.274. The number of hydrogen-bond acceptors (Lipinski definition) is 5. The number of nitrogens with one attached hydrogen (secondary N) is 1. The second kappa shape index (κ2) is 6.71. The highest BCUT2D eigenvalue weighted by atomic mass is 32.2. The first-order chi connectivity index (χ1) is 12.2. The lowest BCUT2D eigenvalue weighted by Crippen LogP contribution is -2.17. The largest absolute Gasteiger partial charge is 0.573 e. The van der Waals surface area contributed by atoms with E-state index in [1.54, 1.807) is 12.1 Å². The smallest absolute Gasteiger partial charge is 0.444 e. The Morgan fingerprint density at radius 1 is 1.00 bits per heavy atom. The number of benzene rings is 2. The van der Waals surface area contributed by atoms with Gasteiger partial charge in [0.25, 0.3) is 10.0 Å². The highest BCUT2D eigenvalue weighted by Gasteiger charge is 2.31. The molecule has 6 nitrogen and oxygen atoms in total. The minimum Gasteiger partial charge on any atom is -0.444 e. The van der Waals surface area contributed by atoms with E-state index in [0.29, 0.717) is 11.3 Å². The maximum absolute atomic E-state index is 12.3. The van der Waals surface area contributed by atoms with Crippen LogP contribution in [0.1, 0.15) is 0 Å². The SMILES string of the molecule is O=S(=O)(Nc1ccc(-c2cnco2)cc1)c1ccc(OC(F)(F)F)cc1. The van der Waals surface area contributed by atoms with Gasteiger partial charge in [-0.25, -0.2) is 13.4 Å². The summed E-state index contributed by atoms with van der Waals surface area (Å²) in [5.74, 6) is 0.0209. The van der Waals surface area contributed by atoms with E-state index in [9.17, 15) is 21.6 Å². The van der Waals surface area contributed by atoms with Gasteiger partial charge in [-0.1, -0.05) is 0 Å². The highest BCUT2D eigenvalue weighted by molar-refractivity contribution is 7.92. The Labute approximate surface area is 146 Å². The van der Waals surface area contributed by atoms with Gasteiger partial charge < -0.3 is 9.15 Å². The molecule has 0 amide bonds. The fourth-order valence-electron chi connectivity index (χ4n) is 2.10. The molecule has 0 aliphatic heterocycles. The van der Waals surface area contributed by atoms with E-state index in [-0.39, 0.29) is 10.6 Å². The van der Waals surface area contributed by atoms with Gasteiger partial charge in [-0.2, -0.15) is 0 Å². The zero-order valence-electron chi connectivity index (χ0n) is 12.9. The Balaban J connectivity index is 1.74. The molecule has 0 fully saturated rings. The van der Waals surface area contributed by atoms with Gasteiger partial charge in [-0.05, 0) is 48.5 Å². The molecule has 0 saturated carbocycles. The van der Waals surface area contributed by atoms with Crippen LogP contribution in [0.25, 0.3) is 11.3 Å². The van der Waals surface area contributed by atoms with E-state index in [1.807, 2.05) is 0 Å². The third-order valence-corrected chi connectivity index (χ3v) is 4.62. The standard InChI is InChI=1S/C16H11F3N2O4S/c17-16(18,19)25-13-5-7-14(8-6-13)26(22,23)21-12-3-1-11(2-4-12)15-9-20-10-24-15/h1-10,21H. The van der Waals surface area contributed by atoms with Gasteiger partial charge in [0.15, 0.2) is 12.2 Å². The molecule has 0 aliphatic carbocycles. The molecule has 2 aromatic carbocycles. The summed E-state index contributed by atoms with van der Waals surface area (Å²) in [6, 6.07) is 10.2. The monoisotopic (exact) mass is 384 g/mol. The fourth-order valence-corrected chi connectivity index (χ4v) is 3.15. The average Bonchev–Trinajstić information content (AvgIpc) is 3.09. The normalized spacial score (nSPS) is 12.0. The molecular weight excluding hydrogens is 373 g/mol. The van der Waals surface area contributed by atoms with E-state index in [4.69, 9.17) is 4.42 Å². The van der Waals surface area contributed by atoms with Crippen LogP contribution in [0.3, 0.4) is 0 Å². The summed E-state index contributed by atoms with van der Waals surface area (Å²) in [6.45, 7) is 0. The van der Waals surface area contributed by atoms with Crippen LogP contribution in [0.4, 0.5) is 18.9 Å². The molecule has 0 saturated heterocycles. The zero-order valence-corrected chi connectivity index (χ0v) is 13.7. The number of hydrogen-bond donors (Lipinski definition) is 1. The molecule has 10 heteroatoms. The Morgan fingerprint density at radius 2 is 1.65 bits per heavy atom. The van der Waals surface area contributed by atoms with Crippen molar-refractivity contribution in [2.75, 3.05) is 4.72 Å². The Morgan fingerprint density at radius 3 is 2.19 bits per heavy atom. The second-order valence-corrected chi connectivity index (χ2v) is 6.75. The van der Waals surface area contributed by atoms with Crippen molar-refractivity contribution in [2.45, 2.75) is 11.3 Å². The first-order valence-corrected chi connectivity index (χ1v) is 8.59. The number of alkyl halides is 3. The number of sulfonamides is 1. The molecule has 1 aromatic heterocycles. The van der Waals surface area contributed by atoms with Crippen molar-refractivity contribution in [3.63, 3.8) is 0 Å². The van der Waals surface area contributed by atoms with Crippen LogP contribution in [0, 0.1) is 0 Å². The molecule has 0 aliphatic rings. The van der Waals surface area contributed by atoms with E-state index < -0.39 is 22.1 Å². The first-order valence-electron chi connectivity index (χ1n) is 7.10. The van der Waals surface area contributed by atoms with Crippen molar-refractivity contribution in [2.24, 2.45) is 0 Å². The fraction of sp³-hybridized carbons (Fsp3) is 0.0625. The van der Waals surface area contributed by atoms with E-state index >= 15 is 0 Å². The van der Waals surface area contributed by atoms with Crippen LogP contribution in [0.2, 0.25) is 0 Å². The average molecular weight is 384 g/mol. The van der Waals surface area contributed by atoms with Crippen LogP contribution in [0.15, 0.2) is 70.4 Å². The maximum atomic E-state index is 12.3. The number of anilines is 1. The molecule has 0 spiro atoms. The third kappa shape index (κ3) is 4.33. The molecule has 0 bridgehead atoms. The van der Waals surface area contributed by atoms with E-state index in [2.05, 4.69) is 14.4 Å². The third-order valence-electron chi connectivity index (χ3n) is 3.22. The predicted octanol–water partition coefficient (Wildman–Crippen LogP) is 4.04. The van der Waals surface area contributed by atoms with Gasteiger partial charge in [-0.15, -0.1) is 13.2 Å². The van der Waals surface area contributed by atoms with Gasteiger partial charge >= 0.3 is 6.36 Å². The van der Waals surface area contributed by atoms with E-state index in [0.717, 1.165) is 24.3 Å². The van der Waals surface area contributed by atoms with E-state index in [1.165, 1.54) is 24.7 Å². The predicted molar refractivity (Wildman–Crippen MR) is 85.9 cm³/mol. The highest BCUT2D eigenvalue weighted by Crippen LogP contribution is 2.25. The first kappa shape index (κ1) is 17.8. The number of aromatic nitrogens is 1. The molecule has 0 unspecified atom stereocenters. The quantitative estimate of drug-likeness (QED) is 0.718. The molecule has 0 atom stereocenters. The van der Waals surface area contributed by atoms with Crippen molar-refractivity contribution in [1.82, 2.24) is 4.98 Å². The van der Waals surface area contributed by atoms with Crippen LogP contribution in [-0.4, -0.2) is 19.8 Å². The van der Waals surface area contributed by atoms with Gasteiger partial charge in [0.1, 0.15) is 5.75 Å². The minimum atomic E-state index is -4.84. The van der Waals surface area contributed by atoms with Gasteiger partial charge in [0.05, 0.1) is 11.1 Å². The number of nitrogens with zero attached hydrogens (tertiary/aromatic N) is 1. The number of rotatable bonds is 5. The zero-order chi connectivity index (χ0) is 18.8.